The van der Waals surface area contributed by atoms with Crippen LogP contribution in [-0.2, 0) is 0 Å². The number of ether oxygens (including phenoxy) is 1. The third kappa shape index (κ3) is 4.03. The summed E-state index contributed by atoms with van der Waals surface area (Å²) >= 11 is 0. The third-order valence-electron chi connectivity index (χ3n) is 3.75. The molecule has 2 rings (SSSR count). The number of hydrogen-bond acceptors (Lipinski definition) is 5. The fraction of sp³-hybridized carbons (Fsp3) is 0.235. The molecule has 0 saturated carbocycles. The third-order valence-corrected chi connectivity index (χ3v) is 3.75. The first kappa shape index (κ1) is 18.2. The first-order valence-electron chi connectivity index (χ1n) is 7.48. The molecule has 1 atom stereocenters. The van der Waals surface area contributed by atoms with E-state index in [1.807, 2.05) is 0 Å². The number of anilines is 1. The Labute approximate surface area is 144 Å². The van der Waals surface area contributed by atoms with Gasteiger partial charge < -0.3 is 15.4 Å². The summed E-state index contributed by atoms with van der Waals surface area (Å²) in [6.45, 7) is 1.69. The van der Waals surface area contributed by atoms with Gasteiger partial charge in [0.1, 0.15) is 0 Å². The average molecular weight is 347 g/mol. The molecule has 2 aromatic rings. The second-order valence-electron chi connectivity index (χ2n) is 5.33. The van der Waals surface area contributed by atoms with Gasteiger partial charge in [-0.25, -0.2) is 4.39 Å². The Balaban J connectivity index is 2.25. The molecule has 1 unspecified atom stereocenters. The van der Waals surface area contributed by atoms with Crippen molar-refractivity contribution in [2.75, 3.05) is 19.5 Å². The van der Waals surface area contributed by atoms with E-state index in [-0.39, 0.29) is 17.0 Å². The zero-order chi connectivity index (χ0) is 18.6. The van der Waals surface area contributed by atoms with Gasteiger partial charge in [0.05, 0.1) is 23.6 Å². The van der Waals surface area contributed by atoms with E-state index >= 15 is 0 Å². The second-order valence-corrected chi connectivity index (χ2v) is 5.33. The van der Waals surface area contributed by atoms with Gasteiger partial charge >= 0.3 is 0 Å². The van der Waals surface area contributed by atoms with Crippen LogP contribution in [0.1, 0.15) is 28.9 Å². The van der Waals surface area contributed by atoms with Crippen LogP contribution in [0.5, 0.6) is 5.75 Å². The molecule has 2 aromatic carbocycles. The molecule has 0 bridgehead atoms. The summed E-state index contributed by atoms with van der Waals surface area (Å²) in [6, 6.07) is 7.85. The lowest BCUT2D eigenvalue weighted by Gasteiger charge is -2.16. The summed E-state index contributed by atoms with van der Waals surface area (Å²) in [5, 5.41) is 16.4. The van der Waals surface area contributed by atoms with Crippen LogP contribution in [0.15, 0.2) is 36.4 Å². The molecule has 8 heteroatoms. The molecular weight excluding hydrogens is 329 g/mol. The molecule has 0 radical (unpaired) electrons. The maximum absolute atomic E-state index is 13.8. The van der Waals surface area contributed by atoms with Crippen molar-refractivity contribution in [3.63, 3.8) is 0 Å². The maximum Gasteiger partial charge on any atom is 0.270 e. The van der Waals surface area contributed by atoms with E-state index in [0.29, 0.717) is 11.3 Å². The summed E-state index contributed by atoms with van der Waals surface area (Å²) in [4.78, 5) is 22.8. The van der Waals surface area contributed by atoms with Gasteiger partial charge in [0.2, 0.25) is 0 Å². The van der Waals surface area contributed by atoms with E-state index in [9.17, 15) is 19.3 Å². The number of rotatable bonds is 6. The molecule has 0 aliphatic heterocycles. The molecule has 1 amide bonds. The lowest BCUT2D eigenvalue weighted by Crippen LogP contribution is -2.27. The highest BCUT2D eigenvalue weighted by atomic mass is 19.1. The zero-order valence-electron chi connectivity index (χ0n) is 14.0. The summed E-state index contributed by atoms with van der Waals surface area (Å²) in [6.07, 6.45) is 0. The number of methoxy groups -OCH3 is 1. The SMILES string of the molecule is CNc1ccc([N+](=O)[O-])cc1C(=O)NC(C)c1ccc(OC)c(F)c1. The second kappa shape index (κ2) is 7.61. The number of halogens is 1. The van der Waals surface area contributed by atoms with E-state index in [1.54, 1.807) is 20.0 Å². The molecule has 0 spiro atoms. The largest absolute Gasteiger partial charge is 0.494 e. The van der Waals surface area contributed by atoms with Crippen LogP contribution in [0.4, 0.5) is 15.8 Å². The smallest absolute Gasteiger partial charge is 0.270 e. The van der Waals surface area contributed by atoms with Crippen LogP contribution < -0.4 is 15.4 Å². The normalized spacial score (nSPS) is 11.5. The van der Waals surface area contributed by atoms with Gasteiger partial charge in [0.25, 0.3) is 11.6 Å². The van der Waals surface area contributed by atoms with Crippen LogP contribution >= 0.6 is 0 Å². The fourth-order valence-corrected chi connectivity index (χ4v) is 2.36. The highest BCUT2D eigenvalue weighted by Gasteiger charge is 2.19. The van der Waals surface area contributed by atoms with Crippen LogP contribution in [0, 0.1) is 15.9 Å². The Morgan fingerprint density at radius 1 is 1.28 bits per heavy atom. The average Bonchev–Trinajstić information content (AvgIpc) is 2.60. The van der Waals surface area contributed by atoms with Crippen molar-refractivity contribution in [2.45, 2.75) is 13.0 Å². The van der Waals surface area contributed by atoms with Gasteiger partial charge in [0, 0.05) is 24.9 Å². The summed E-state index contributed by atoms with van der Waals surface area (Å²) in [7, 11) is 2.98. The van der Waals surface area contributed by atoms with Crippen LogP contribution in [-0.4, -0.2) is 25.0 Å². The number of hydrogen-bond donors (Lipinski definition) is 2. The molecule has 25 heavy (non-hydrogen) atoms. The first-order valence-corrected chi connectivity index (χ1v) is 7.48. The standard InChI is InChI=1S/C17H18FN3O4/c1-10(11-4-7-16(25-3)14(18)8-11)20-17(22)13-9-12(21(23)24)5-6-15(13)19-2/h4-10,19H,1-3H3,(H,20,22). The zero-order valence-corrected chi connectivity index (χ0v) is 14.0. The van der Waals surface area contributed by atoms with E-state index in [2.05, 4.69) is 10.6 Å². The van der Waals surface area contributed by atoms with E-state index in [4.69, 9.17) is 4.74 Å². The van der Waals surface area contributed by atoms with Crippen molar-refractivity contribution in [3.8, 4) is 5.75 Å². The number of non-ortho nitro benzene ring substituents is 1. The van der Waals surface area contributed by atoms with E-state index in [1.165, 1.54) is 37.4 Å². The van der Waals surface area contributed by atoms with Gasteiger partial charge in [-0.3, -0.25) is 14.9 Å². The van der Waals surface area contributed by atoms with Gasteiger partial charge in [-0.1, -0.05) is 6.07 Å². The van der Waals surface area contributed by atoms with E-state index < -0.39 is 22.7 Å². The van der Waals surface area contributed by atoms with Crippen molar-refractivity contribution >= 4 is 17.3 Å². The van der Waals surface area contributed by atoms with Crippen molar-refractivity contribution in [3.05, 3.63) is 63.5 Å². The van der Waals surface area contributed by atoms with Crippen molar-refractivity contribution < 1.29 is 18.8 Å². The number of nitro groups is 1. The number of nitrogens with zero attached hydrogens (tertiary/aromatic N) is 1. The molecule has 0 heterocycles. The molecule has 2 N–H and O–H groups in total. The minimum atomic E-state index is -0.571. The first-order chi connectivity index (χ1) is 11.9. The number of amides is 1. The Kier molecular flexibility index (Phi) is 5.53. The topological polar surface area (TPSA) is 93.5 Å². The molecule has 0 aromatic heterocycles. The van der Waals surface area contributed by atoms with Gasteiger partial charge in [-0.05, 0) is 30.7 Å². The number of benzene rings is 2. The molecule has 0 fully saturated rings. The lowest BCUT2D eigenvalue weighted by atomic mass is 10.1. The fourth-order valence-electron chi connectivity index (χ4n) is 2.36. The highest BCUT2D eigenvalue weighted by molar-refractivity contribution is 6.00. The quantitative estimate of drug-likeness (QED) is 0.618. The maximum atomic E-state index is 13.8. The van der Waals surface area contributed by atoms with Crippen LogP contribution in [0.3, 0.4) is 0 Å². The molecule has 0 aliphatic rings. The molecular formula is C17H18FN3O4. The van der Waals surface area contributed by atoms with Crippen molar-refractivity contribution in [1.82, 2.24) is 5.32 Å². The Hall–Kier alpha value is -3.16. The molecule has 7 nitrogen and oxygen atoms in total. The Bertz CT molecular complexity index is 810. The molecule has 132 valence electrons. The molecule has 0 saturated heterocycles. The number of carbonyl (C=O) groups is 1. The molecule has 0 aliphatic carbocycles. The van der Waals surface area contributed by atoms with Gasteiger partial charge in [0.15, 0.2) is 11.6 Å². The van der Waals surface area contributed by atoms with Crippen molar-refractivity contribution in [1.29, 1.82) is 0 Å². The minimum Gasteiger partial charge on any atom is -0.494 e. The lowest BCUT2D eigenvalue weighted by molar-refractivity contribution is -0.384. The summed E-state index contributed by atoms with van der Waals surface area (Å²) < 4.78 is 18.7. The van der Waals surface area contributed by atoms with Crippen LogP contribution in [0.25, 0.3) is 0 Å². The highest BCUT2D eigenvalue weighted by Crippen LogP contribution is 2.24. The number of nitro benzene ring substituents is 1. The van der Waals surface area contributed by atoms with Crippen molar-refractivity contribution in [2.24, 2.45) is 0 Å². The number of nitrogens with one attached hydrogen (secondary N) is 2. The van der Waals surface area contributed by atoms with Crippen LogP contribution in [0.2, 0.25) is 0 Å². The summed E-state index contributed by atoms with van der Waals surface area (Å²) in [5.74, 6) is -0.928. The Morgan fingerprint density at radius 3 is 2.56 bits per heavy atom. The number of carbonyl (C=O) groups excluding carboxylic acids is 1. The van der Waals surface area contributed by atoms with Gasteiger partial charge in [-0.15, -0.1) is 0 Å². The predicted molar refractivity (Wildman–Crippen MR) is 91.5 cm³/mol. The monoisotopic (exact) mass is 347 g/mol. The predicted octanol–water partition coefficient (Wildman–Crippen LogP) is 3.28. The Morgan fingerprint density at radius 2 is 2.00 bits per heavy atom. The van der Waals surface area contributed by atoms with Gasteiger partial charge in [-0.2, -0.15) is 0 Å². The minimum absolute atomic E-state index is 0.110. The van der Waals surface area contributed by atoms with E-state index in [0.717, 1.165) is 0 Å². The summed E-state index contributed by atoms with van der Waals surface area (Å²) in [5.41, 5.74) is 0.948.